The minimum absolute atomic E-state index is 0.0944. The zero-order valence-corrected chi connectivity index (χ0v) is 7.67. The molecule has 2 unspecified atom stereocenters. The van der Waals surface area contributed by atoms with Gasteiger partial charge in [-0.1, -0.05) is 0 Å². The minimum Gasteiger partial charge on any atom is -0.397 e. The lowest BCUT2D eigenvalue weighted by atomic mass is 10.1. The van der Waals surface area contributed by atoms with Crippen molar-refractivity contribution in [3.05, 3.63) is 24.0 Å². The van der Waals surface area contributed by atoms with Crippen molar-refractivity contribution in [3.8, 4) is 0 Å². The average molecular weight is 198 g/mol. The van der Waals surface area contributed by atoms with Crippen LogP contribution in [0.4, 0.5) is 5.69 Å². The van der Waals surface area contributed by atoms with E-state index >= 15 is 0 Å². The predicted octanol–water partition coefficient (Wildman–Crippen LogP) is -0.560. The molecule has 0 saturated heterocycles. The molecule has 1 aromatic rings. The van der Waals surface area contributed by atoms with E-state index in [-0.39, 0.29) is 18.7 Å². The van der Waals surface area contributed by atoms with E-state index in [1.807, 2.05) is 0 Å². The van der Waals surface area contributed by atoms with E-state index in [4.69, 9.17) is 10.8 Å². The molecule has 0 saturated carbocycles. The van der Waals surface area contributed by atoms with Crippen molar-refractivity contribution in [2.75, 3.05) is 12.3 Å². The van der Waals surface area contributed by atoms with Crippen molar-refractivity contribution < 1.29 is 15.3 Å². The summed E-state index contributed by atoms with van der Waals surface area (Å²) in [6.07, 6.45) is -0.613. The molecule has 78 valence electrons. The van der Waals surface area contributed by atoms with E-state index in [0.717, 1.165) is 0 Å². The van der Waals surface area contributed by atoms with Crippen LogP contribution in [0.2, 0.25) is 0 Å². The highest BCUT2D eigenvalue weighted by Crippen LogP contribution is 2.21. The Hall–Kier alpha value is -1.17. The maximum atomic E-state index is 9.60. The summed E-state index contributed by atoms with van der Waals surface area (Å²) in [6.45, 7) is -0.190. The van der Waals surface area contributed by atoms with Gasteiger partial charge in [0, 0.05) is 12.8 Å². The molecule has 0 aliphatic rings. The number of hydrogen-bond acceptors (Lipinski definition) is 5. The third kappa shape index (κ3) is 2.41. The molecule has 0 aliphatic carbocycles. The van der Waals surface area contributed by atoms with Crippen LogP contribution in [0, 0.1) is 0 Å². The number of aliphatic hydroxyl groups is 3. The molecule has 1 rings (SSSR count). The molecule has 1 aromatic heterocycles. The van der Waals surface area contributed by atoms with Crippen molar-refractivity contribution in [3.63, 3.8) is 0 Å². The number of nitrogens with zero attached hydrogens (tertiary/aromatic N) is 1. The predicted molar refractivity (Wildman–Crippen MR) is 51.3 cm³/mol. The first-order valence-corrected chi connectivity index (χ1v) is 4.34. The van der Waals surface area contributed by atoms with Gasteiger partial charge < -0.3 is 21.1 Å². The zero-order valence-electron chi connectivity index (χ0n) is 7.67. The standard InChI is InChI=1S/C9H14N2O3/c10-6-2-1-4-11-8(6)9(14)7(13)3-5-12/h1-2,4,7,9,12-14H,3,5,10H2. The molecule has 5 N–H and O–H groups in total. The van der Waals surface area contributed by atoms with Gasteiger partial charge >= 0.3 is 0 Å². The molecular weight excluding hydrogens is 184 g/mol. The number of nitrogen functional groups attached to an aromatic ring is 1. The molecule has 0 spiro atoms. The molecule has 14 heavy (non-hydrogen) atoms. The first kappa shape index (κ1) is 10.9. The Kier molecular flexibility index (Phi) is 3.82. The lowest BCUT2D eigenvalue weighted by Gasteiger charge is -2.17. The van der Waals surface area contributed by atoms with E-state index in [2.05, 4.69) is 4.98 Å². The van der Waals surface area contributed by atoms with Crippen molar-refractivity contribution in [2.24, 2.45) is 0 Å². The topological polar surface area (TPSA) is 99.6 Å². The summed E-state index contributed by atoms with van der Waals surface area (Å²) in [5, 5.41) is 27.6. The van der Waals surface area contributed by atoms with Crippen LogP contribution in [-0.4, -0.2) is 33.0 Å². The molecule has 2 atom stereocenters. The van der Waals surface area contributed by atoms with Crippen molar-refractivity contribution in [1.82, 2.24) is 4.98 Å². The smallest absolute Gasteiger partial charge is 0.124 e. The third-order valence-corrected chi connectivity index (χ3v) is 1.94. The number of pyridine rings is 1. The average Bonchev–Trinajstić information content (AvgIpc) is 2.18. The molecule has 1 heterocycles. The summed E-state index contributed by atoms with van der Waals surface area (Å²) in [5.41, 5.74) is 6.13. The van der Waals surface area contributed by atoms with Crippen LogP contribution in [0.3, 0.4) is 0 Å². The maximum absolute atomic E-state index is 9.60. The second-order valence-electron chi connectivity index (χ2n) is 3.00. The Balaban J connectivity index is 2.78. The van der Waals surface area contributed by atoms with Crippen LogP contribution in [0.15, 0.2) is 18.3 Å². The van der Waals surface area contributed by atoms with Crippen LogP contribution in [0.5, 0.6) is 0 Å². The van der Waals surface area contributed by atoms with Gasteiger partial charge in [-0.05, 0) is 18.6 Å². The van der Waals surface area contributed by atoms with Crippen LogP contribution in [0.25, 0.3) is 0 Å². The van der Waals surface area contributed by atoms with Gasteiger partial charge in [0.1, 0.15) is 6.10 Å². The fraction of sp³-hybridized carbons (Fsp3) is 0.444. The van der Waals surface area contributed by atoms with Crippen LogP contribution < -0.4 is 5.73 Å². The first-order valence-electron chi connectivity index (χ1n) is 4.34. The number of hydrogen-bond donors (Lipinski definition) is 4. The fourth-order valence-corrected chi connectivity index (χ4v) is 1.15. The largest absolute Gasteiger partial charge is 0.397 e. The van der Waals surface area contributed by atoms with E-state index < -0.39 is 12.2 Å². The van der Waals surface area contributed by atoms with Crippen molar-refractivity contribution in [1.29, 1.82) is 0 Å². The summed E-state index contributed by atoms with van der Waals surface area (Å²) >= 11 is 0. The molecule has 0 aliphatic heterocycles. The van der Waals surface area contributed by atoms with Gasteiger partial charge in [-0.2, -0.15) is 0 Å². The van der Waals surface area contributed by atoms with E-state index in [1.165, 1.54) is 6.20 Å². The fourth-order valence-electron chi connectivity index (χ4n) is 1.15. The molecule has 0 amide bonds. The summed E-state index contributed by atoms with van der Waals surface area (Å²) in [5.74, 6) is 0. The number of aliphatic hydroxyl groups excluding tert-OH is 3. The number of anilines is 1. The van der Waals surface area contributed by atoms with Gasteiger partial charge in [0.15, 0.2) is 0 Å². The molecule has 0 fully saturated rings. The summed E-state index contributed by atoms with van der Waals surface area (Å²) in [7, 11) is 0. The highest BCUT2D eigenvalue weighted by molar-refractivity contribution is 5.43. The van der Waals surface area contributed by atoms with Gasteiger partial charge in [-0.15, -0.1) is 0 Å². The number of aromatic nitrogens is 1. The SMILES string of the molecule is Nc1cccnc1C(O)C(O)CCO. The number of nitrogens with two attached hydrogens (primary N) is 1. The van der Waals surface area contributed by atoms with Crippen LogP contribution in [0.1, 0.15) is 18.2 Å². The maximum Gasteiger partial charge on any atom is 0.124 e. The first-order chi connectivity index (χ1) is 6.66. The Morgan fingerprint density at radius 1 is 1.43 bits per heavy atom. The van der Waals surface area contributed by atoms with E-state index in [0.29, 0.717) is 5.69 Å². The van der Waals surface area contributed by atoms with E-state index in [1.54, 1.807) is 12.1 Å². The summed E-state index contributed by atoms with van der Waals surface area (Å²) in [4.78, 5) is 3.86. The van der Waals surface area contributed by atoms with Gasteiger partial charge in [0.05, 0.1) is 17.5 Å². The molecular formula is C9H14N2O3. The van der Waals surface area contributed by atoms with Gasteiger partial charge in [0.25, 0.3) is 0 Å². The Morgan fingerprint density at radius 2 is 2.14 bits per heavy atom. The highest BCUT2D eigenvalue weighted by Gasteiger charge is 2.20. The van der Waals surface area contributed by atoms with Gasteiger partial charge in [-0.3, -0.25) is 4.98 Å². The Labute approximate surface area is 81.8 Å². The van der Waals surface area contributed by atoms with Crippen molar-refractivity contribution >= 4 is 5.69 Å². The third-order valence-electron chi connectivity index (χ3n) is 1.94. The van der Waals surface area contributed by atoms with Crippen LogP contribution in [-0.2, 0) is 0 Å². The monoisotopic (exact) mass is 198 g/mol. The molecule has 5 nitrogen and oxygen atoms in total. The van der Waals surface area contributed by atoms with Crippen LogP contribution >= 0.6 is 0 Å². The Bertz CT molecular complexity index is 293. The minimum atomic E-state index is -1.15. The normalized spacial score (nSPS) is 15.1. The van der Waals surface area contributed by atoms with Gasteiger partial charge in [-0.25, -0.2) is 0 Å². The van der Waals surface area contributed by atoms with Gasteiger partial charge in [0.2, 0.25) is 0 Å². The zero-order chi connectivity index (χ0) is 10.6. The highest BCUT2D eigenvalue weighted by atomic mass is 16.3. The quantitative estimate of drug-likeness (QED) is 0.519. The lowest BCUT2D eigenvalue weighted by molar-refractivity contribution is 0.00235. The molecule has 0 aromatic carbocycles. The lowest BCUT2D eigenvalue weighted by Crippen LogP contribution is -2.21. The Morgan fingerprint density at radius 3 is 2.71 bits per heavy atom. The number of rotatable bonds is 4. The second-order valence-corrected chi connectivity index (χ2v) is 3.00. The molecule has 0 radical (unpaired) electrons. The second kappa shape index (κ2) is 4.90. The van der Waals surface area contributed by atoms with E-state index in [9.17, 15) is 10.2 Å². The summed E-state index contributed by atoms with van der Waals surface area (Å²) < 4.78 is 0. The van der Waals surface area contributed by atoms with Crippen molar-refractivity contribution in [2.45, 2.75) is 18.6 Å². The molecule has 0 bridgehead atoms. The molecule has 5 heteroatoms. The summed E-state index contributed by atoms with van der Waals surface area (Å²) in [6, 6.07) is 3.24.